The Bertz CT molecular complexity index is 1430. The van der Waals surface area contributed by atoms with E-state index in [2.05, 4.69) is 96.9 Å². The van der Waals surface area contributed by atoms with Crippen LogP contribution < -0.4 is 5.32 Å². The molecular weight excluding hydrogens is 457 g/mol. The fraction of sp³-hybridized carbons (Fsp3) is 0.242. The van der Waals surface area contributed by atoms with Crippen molar-refractivity contribution in [3.8, 4) is 0 Å². The predicted octanol–water partition coefficient (Wildman–Crippen LogP) is 7.22. The second-order valence-electron chi connectivity index (χ2n) is 10.8. The molecule has 2 fully saturated rings. The monoisotopic (exact) mass is 489 g/mol. The molecule has 2 N–H and O–H groups in total. The Morgan fingerprint density at radius 2 is 1.65 bits per heavy atom. The summed E-state index contributed by atoms with van der Waals surface area (Å²) in [6, 6.07) is 32.4. The van der Waals surface area contributed by atoms with Crippen molar-refractivity contribution in [3.63, 3.8) is 0 Å². The lowest BCUT2D eigenvalue weighted by Gasteiger charge is -2.31. The highest BCUT2D eigenvalue weighted by molar-refractivity contribution is 5.88. The molecule has 0 unspecified atom stereocenters. The molecule has 1 heterocycles. The fourth-order valence-corrected chi connectivity index (χ4v) is 6.96. The molecule has 0 radical (unpaired) electrons. The van der Waals surface area contributed by atoms with Gasteiger partial charge >= 0.3 is 0 Å². The zero-order valence-corrected chi connectivity index (χ0v) is 21.3. The van der Waals surface area contributed by atoms with E-state index < -0.39 is 0 Å². The van der Waals surface area contributed by atoms with Gasteiger partial charge in [-0.25, -0.2) is 4.39 Å². The number of anilines is 2. The summed E-state index contributed by atoms with van der Waals surface area (Å²) in [4.78, 5) is 2.60. The van der Waals surface area contributed by atoms with Gasteiger partial charge in [0.1, 0.15) is 5.82 Å². The Kier molecular flexibility index (Phi) is 5.73. The number of rotatable bonds is 7. The average Bonchev–Trinajstić information content (AvgIpc) is 3.20. The summed E-state index contributed by atoms with van der Waals surface area (Å²) < 4.78 is 13.4. The minimum atomic E-state index is -0.260. The zero-order chi connectivity index (χ0) is 25.6. The number of fused-ring (bicyclic) bond motifs is 1. The molecule has 1 saturated heterocycles. The van der Waals surface area contributed by atoms with Gasteiger partial charge in [-0.05, 0) is 71.5 Å². The van der Waals surface area contributed by atoms with Gasteiger partial charge in [0, 0.05) is 53.6 Å². The summed E-state index contributed by atoms with van der Waals surface area (Å²) in [6.45, 7) is 7.61. The zero-order valence-electron chi connectivity index (χ0n) is 21.3. The van der Waals surface area contributed by atoms with Gasteiger partial charge in [0.15, 0.2) is 0 Å². The van der Waals surface area contributed by atoms with Gasteiger partial charge < -0.3 is 10.7 Å². The number of aryl methyl sites for hydroxylation is 1. The van der Waals surface area contributed by atoms with Crippen LogP contribution in [0.1, 0.15) is 34.7 Å². The van der Waals surface area contributed by atoms with Crippen LogP contribution in [0.2, 0.25) is 0 Å². The molecule has 0 spiro atoms. The number of benzene rings is 4. The van der Waals surface area contributed by atoms with Gasteiger partial charge in [-0.2, -0.15) is 0 Å². The van der Waals surface area contributed by atoms with Gasteiger partial charge in [0.05, 0.1) is 0 Å². The highest BCUT2D eigenvalue weighted by Gasteiger charge is 2.78. The largest absolute Gasteiger partial charge is 0.355 e. The summed E-state index contributed by atoms with van der Waals surface area (Å²) >= 11 is 0. The number of nitrogens with zero attached hydrogens (tertiary/aromatic N) is 1. The first-order valence-corrected chi connectivity index (χ1v) is 13.0. The second kappa shape index (κ2) is 8.97. The van der Waals surface area contributed by atoms with Crippen LogP contribution in [0.5, 0.6) is 0 Å². The first-order chi connectivity index (χ1) is 18.0. The van der Waals surface area contributed by atoms with Crippen LogP contribution in [0.15, 0.2) is 97.1 Å². The van der Waals surface area contributed by atoms with Crippen molar-refractivity contribution in [2.75, 3.05) is 18.4 Å². The normalized spacial score (nSPS) is 24.5. The molecule has 0 amide bonds. The minimum Gasteiger partial charge on any atom is -0.355 e. The van der Waals surface area contributed by atoms with Crippen LogP contribution in [-0.4, -0.2) is 24.2 Å². The molecule has 0 bridgehead atoms. The summed E-state index contributed by atoms with van der Waals surface area (Å²) in [7, 11) is 0. The Morgan fingerprint density at radius 1 is 0.973 bits per heavy atom. The van der Waals surface area contributed by atoms with Crippen molar-refractivity contribution in [3.05, 3.63) is 131 Å². The van der Waals surface area contributed by atoms with Crippen molar-refractivity contribution in [2.45, 2.75) is 31.2 Å². The number of likely N-dealkylation sites (tertiary alicyclic amines) is 1. The van der Waals surface area contributed by atoms with Crippen molar-refractivity contribution >= 4 is 17.6 Å². The van der Waals surface area contributed by atoms with Gasteiger partial charge in [0.25, 0.3) is 0 Å². The molecule has 4 heteroatoms. The van der Waals surface area contributed by atoms with E-state index in [-0.39, 0.29) is 16.6 Å². The maximum Gasteiger partial charge on any atom is 0.123 e. The van der Waals surface area contributed by atoms with E-state index in [0.717, 1.165) is 36.6 Å². The molecule has 186 valence electrons. The molecule has 1 aliphatic heterocycles. The van der Waals surface area contributed by atoms with E-state index in [1.54, 1.807) is 12.1 Å². The third kappa shape index (κ3) is 3.79. The van der Waals surface area contributed by atoms with E-state index in [1.165, 1.54) is 40.6 Å². The maximum absolute atomic E-state index is 13.4. The molecule has 3 atom stereocenters. The average molecular weight is 490 g/mol. The first kappa shape index (κ1) is 23.6. The van der Waals surface area contributed by atoms with E-state index in [0.29, 0.717) is 5.92 Å². The molecule has 1 saturated carbocycles. The quantitative estimate of drug-likeness (QED) is 0.269. The van der Waals surface area contributed by atoms with Gasteiger partial charge in [-0.3, -0.25) is 4.90 Å². The summed E-state index contributed by atoms with van der Waals surface area (Å²) in [5.74, 6) is 0.240. The minimum absolute atomic E-state index is 0.0145. The van der Waals surface area contributed by atoms with Crippen LogP contribution in [0.3, 0.4) is 0 Å². The van der Waals surface area contributed by atoms with Crippen LogP contribution in [-0.2, 0) is 17.4 Å². The number of piperidine rings is 1. The predicted molar refractivity (Wildman–Crippen MR) is 149 cm³/mol. The van der Waals surface area contributed by atoms with Crippen LogP contribution in [0, 0.1) is 24.1 Å². The van der Waals surface area contributed by atoms with Gasteiger partial charge in [0.2, 0.25) is 0 Å². The summed E-state index contributed by atoms with van der Waals surface area (Å²) in [5.41, 5.74) is 7.85. The fourth-order valence-electron chi connectivity index (χ4n) is 6.96. The smallest absolute Gasteiger partial charge is 0.123 e. The van der Waals surface area contributed by atoms with Crippen LogP contribution in [0.4, 0.5) is 15.8 Å². The second-order valence-corrected chi connectivity index (χ2v) is 10.8. The van der Waals surface area contributed by atoms with Crippen LogP contribution >= 0.6 is 0 Å². The first-order valence-electron chi connectivity index (χ1n) is 13.0. The molecule has 1 aliphatic carbocycles. The molecule has 2 aliphatic rings. The Hall–Kier alpha value is -3.76. The standard InChI is InChI=1S/C33H32FN3/c1-23-17-30(36-28-15-13-27(34)14-16-28)25(19-35)18-29(23)33-22-37(20-24-9-5-3-6-10-24)21-31(33)32(33,2)26-11-7-4-8-12-26/h3-19,31,35-36H,20-22H2,1-2H3/t31-,32+,33+/m0/s1. The number of hydrogen-bond donors (Lipinski definition) is 2. The molecule has 4 aromatic rings. The summed E-state index contributed by atoms with van der Waals surface area (Å²) in [5, 5.41) is 11.6. The molecule has 4 aromatic carbocycles. The van der Waals surface area contributed by atoms with Crippen molar-refractivity contribution in [1.29, 1.82) is 5.41 Å². The highest BCUT2D eigenvalue weighted by Crippen LogP contribution is 2.73. The third-order valence-electron chi connectivity index (χ3n) is 8.83. The van der Waals surface area contributed by atoms with Crippen molar-refractivity contribution in [1.82, 2.24) is 4.90 Å². The van der Waals surface area contributed by atoms with E-state index in [9.17, 15) is 4.39 Å². The molecule has 6 rings (SSSR count). The van der Waals surface area contributed by atoms with E-state index >= 15 is 0 Å². The lowest BCUT2D eigenvalue weighted by molar-refractivity contribution is 0.260. The van der Waals surface area contributed by atoms with Crippen LogP contribution in [0.25, 0.3) is 0 Å². The van der Waals surface area contributed by atoms with Crippen molar-refractivity contribution in [2.24, 2.45) is 5.92 Å². The number of hydrogen-bond acceptors (Lipinski definition) is 3. The Morgan fingerprint density at radius 3 is 2.32 bits per heavy atom. The van der Waals surface area contributed by atoms with Gasteiger partial charge in [-0.15, -0.1) is 0 Å². The third-order valence-corrected chi connectivity index (χ3v) is 8.83. The SMILES string of the molecule is Cc1cc(Nc2ccc(F)cc2)c(C=N)cc1[C@]12CN(Cc3ccccc3)C[C@H]1[C@@]2(C)c1ccccc1. The number of halogens is 1. The lowest BCUT2D eigenvalue weighted by Crippen LogP contribution is -2.35. The Labute approximate surface area is 218 Å². The molecule has 3 nitrogen and oxygen atoms in total. The Balaban J connectivity index is 1.40. The molecule has 37 heavy (non-hydrogen) atoms. The summed E-state index contributed by atoms with van der Waals surface area (Å²) in [6.07, 6.45) is 1.43. The molecular formula is C33H32FN3. The topological polar surface area (TPSA) is 39.1 Å². The number of nitrogens with one attached hydrogen (secondary N) is 2. The van der Waals surface area contributed by atoms with Crippen molar-refractivity contribution < 1.29 is 4.39 Å². The van der Waals surface area contributed by atoms with Gasteiger partial charge in [-0.1, -0.05) is 67.6 Å². The lowest BCUT2D eigenvalue weighted by atomic mass is 9.80. The highest BCUT2D eigenvalue weighted by atomic mass is 19.1. The van der Waals surface area contributed by atoms with E-state index in [1.807, 2.05) is 0 Å². The van der Waals surface area contributed by atoms with E-state index in [4.69, 9.17) is 5.41 Å². The maximum atomic E-state index is 13.4. The molecule has 0 aromatic heterocycles.